The minimum atomic E-state index is -3.02. The Bertz CT molecular complexity index is 1620. The number of rotatable bonds is 4. The molecule has 3 aliphatic rings. The lowest BCUT2D eigenvalue weighted by Crippen LogP contribution is -2.30. The Morgan fingerprint density at radius 1 is 1.15 bits per heavy atom. The Morgan fingerprint density at radius 3 is 2.67 bits per heavy atom. The van der Waals surface area contributed by atoms with Gasteiger partial charge in [-0.1, -0.05) is 6.07 Å². The molecule has 0 saturated heterocycles. The third kappa shape index (κ3) is 3.64. The predicted molar refractivity (Wildman–Crippen MR) is 134 cm³/mol. The number of aliphatic hydroxyl groups excluding tert-OH is 1. The molecule has 0 unspecified atom stereocenters. The second-order valence-electron chi connectivity index (χ2n) is 10.6. The van der Waals surface area contributed by atoms with Gasteiger partial charge in [0.2, 0.25) is 0 Å². The summed E-state index contributed by atoms with van der Waals surface area (Å²) in [6.45, 7) is -3.02. The number of aromatic nitrogens is 4. The van der Waals surface area contributed by atoms with Gasteiger partial charge in [0.15, 0.2) is 5.82 Å². The predicted octanol–water partition coefficient (Wildman–Crippen LogP) is 3.79. The van der Waals surface area contributed by atoms with Gasteiger partial charge in [-0.15, -0.1) is 0 Å². The van der Waals surface area contributed by atoms with Crippen LogP contribution in [-0.2, 0) is 5.60 Å². The van der Waals surface area contributed by atoms with Crippen LogP contribution >= 0.6 is 0 Å². The van der Waals surface area contributed by atoms with Crippen LogP contribution in [0, 0.1) is 0 Å². The minimum absolute atomic E-state index is 0.00259. The van der Waals surface area contributed by atoms with Crippen molar-refractivity contribution in [2.45, 2.75) is 56.0 Å². The second-order valence-corrected chi connectivity index (χ2v) is 10.6. The molecule has 1 aromatic carbocycles. The number of ether oxygens (including phenoxy) is 1. The van der Waals surface area contributed by atoms with Crippen LogP contribution in [0.2, 0.25) is 0 Å². The highest BCUT2D eigenvalue weighted by atomic mass is 19.3. The first-order chi connectivity index (χ1) is 18.7. The molecule has 1 aliphatic heterocycles. The van der Waals surface area contributed by atoms with Crippen molar-refractivity contribution in [3.8, 4) is 16.9 Å². The number of aliphatic hydroxyl groups is 2. The summed E-state index contributed by atoms with van der Waals surface area (Å²) in [7, 11) is 1.71. The highest BCUT2D eigenvalue weighted by Crippen LogP contribution is 2.53. The summed E-state index contributed by atoms with van der Waals surface area (Å²) in [5.74, 6) is -0.334. The Morgan fingerprint density at radius 2 is 1.95 bits per heavy atom. The van der Waals surface area contributed by atoms with Crippen molar-refractivity contribution in [1.82, 2.24) is 24.5 Å². The molecule has 2 aliphatic carbocycles. The number of hydrogen-bond donors (Lipinski definition) is 2. The summed E-state index contributed by atoms with van der Waals surface area (Å²) in [4.78, 5) is 23.7. The molecule has 1 fully saturated rings. The second kappa shape index (κ2) is 8.52. The number of halogens is 2. The van der Waals surface area contributed by atoms with E-state index in [1.165, 1.54) is 6.07 Å². The molecule has 4 atom stereocenters. The van der Waals surface area contributed by atoms with E-state index in [2.05, 4.69) is 9.97 Å². The molecular formula is C28H25F2N5O4. The average Bonchev–Trinajstić information content (AvgIpc) is 3.57. The molecule has 9 nitrogen and oxygen atoms in total. The summed E-state index contributed by atoms with van der Waals surface area (Å²) in [6.07, 6.45) is 6.16. The number of fused-ring (bicyclic) bond motifs is 9. The molecule has 7 rings (SSSR count). The summed E-state index contributed by atoms with van der Waals surface area (Å²) in [5, 5.41) is 25.5. The summed E-state index contributed by atoms with van der Waals surface area (Å²) >= 11 is 0. The zero-order chi connectivity index (χ0) is 27.1. The molecule has 2 bridgehead atoms. The first-order valence-electron chi connectivity index (χ1n) is 12.8. The van der Waals surface area contributed by atoms with Gasteiger partial charge in [0.25, 0.3) is 5.91 Å². The SMILES string of the molecule is CN1C(=O)c2cccc(OC(F)F)c2[C@H]2C[C@@H]1c1nn3ccc(-c4cnc([C@]5(O)CC[C@H](O)C5)nc4)cc3c12. The molecule has 200 valence electrons. The van der Waals surface area contributed by atoms with E-state index < -0.39 is 18.3 Å². The maximum atomic E-state index is 13.3. The molecule has 4 aromatic rings. The zero-order valence-corrected chi connectivity index (χ0v) is 21.0. The van der Waals surface area contributed by atoms with E-state index in [0.717, 1.165) is 27.9 Å². The van der Waals surface area contributed by atoms with Crippen LogP contribution in [0.25, 0.3) is 16.6 Å². The van der Waals surface area contributed by atoms with Gasteiger partial charge in [-0.25, -0.2) is 14.5 Å². The first-order valence-corrected chi connectivity index (χ1v) is 12.8. The largest absolute Gasteiger partial charge is 0.434 e. The molecule has 39 heavy (non-hydrogen) atoms. The highest BCUT2D eigenvalue weighted by molar-refractivity contribution is 5.98. The smallest absolute Gasteiger partial charge is 0.387 e. The number of pyridine rings is 1. The first kappa shape index (κ1) is 24.1. The summed E-state index contributed by atoms with van der Waals surface area (Å²) < 4.78 is 33.3. The third-order valence-electron chi connectivity index (χ3n) is 8.34. The van der Waals surface area contributed by atoms with Gasteiger partial charge in [-0.3, -0.25) is 4.79 Å². The molecule has 4 heterocycles. The van der Waals surface area contributed by atoms with E-state index in [-0.39, 0.29) is 35.9 Å². The lowest BCUT2D eigenvalue weighted by molar-refractivity contribution is -0.0505. The van der Waals surface area contributed by atoms with Gasteiger partial charge >= 0.3 is 6.61 Å². The Hall–Kier alpha value is -3.96. The topological polar surface area (TPSA) is 113 Å². The third-order valence-corrected chi connectivity index (χ3v) is 8.34. The van der Waals surface area contributed by atoms with Gasteiger partial charge in [0.05, 0.1) is 23.4 Å². The van der Waals surface area contributed by atoms with Crippen LogP contribution in [0.3, 0.4) is 0 Å². The van der Waals surface area contributed by atoms with Crippen molar-refractivity contribution < 1.29 is 28.5 Å². The van der Waals surface area contributed by atoms with Crippen LogP contribution < -0.4 is 4.74 Å². The fourth-order valence-corrected chi connectivity index (χ4v) is 6.46. The van der Waals surface area contributed by atoms with E-state index in [0.29, 0.717) is 30.4 Å². The molecule has 0 spiro atoms. The Labute approximate surface area is 221 Å². The minimum Gasteiger partial charge on any atom is -0.434 e. The van der Waals surface area contributed by atoms with Crippen molar-refractivity contribution in [2.24, 2.45) is 0 Å². The number of carbonyl (C=O) groups is 1. The van der Waals surface area contributed by atoms with E-state index >= 15 is 0 Å². The number of benzene rings is 1. The van der Waals surface area contributed by atoms with Crippen molar-refractivity contribution in [3.05, 3.63) is 77.1 Å². The fraction of sp³-hybridized carbons (Fsp3) is 0.357. The average molecular weight is 534 g/mol. The molecule has 1 amide bonds. The Kier molecular flexibility index (Phi) is 5.27. The van der Waals surface area contributed by atoms with Crippen molar-refractivity contribution >= 4 is 11.4 Å². The van der Waals surface area contributed by atoms with Crippen LogP contribution in [0.15, 0.2) is 48.9 Å². The molecule has 3 aromatic heterocycles. The van der Waals surface area contributed by atoms with E-state index in [1.54, 1.807) is 41.0 Å². The molecule has 1 saturated carbocycles. The van der Waals surface area contributed by atoms with Gasteiger partial charge in [-0.05, 0) is 49.1 Å². The number of nitrogens with zero attached hydrogens (tertiary/aromatic N) is 5. The zero-order valence-electron chi connectivity index (χ0n) is 21.0. The van der Waals surface area contributed by atoms with Crippen LogP contribution in [-0.4, -0.2) is 60.4 Å². The van der Waals surface area contributed by atoms with Gasteiger partial charge in [0.1, 0.15) is 11.4 Å². The highest BCUT2D eigenvalue weighted by Gasteiger charge is 2.46. The van der Waals surface area contributed by atoms with E-state index in [1.807, 2.05) is 18.3 Å². The van der Waals surface area contributed by atoms with E-state index in [9.17, 15) is 23.8 Å². The Balaban J connectivity index is 1.33. The van der Waals surface area contributed by atoms with Crippen molar-refractivity contribution in [2.75, 3.05) is 7.05 Å². The number of alkyl halides is 2. The number of amides is 1. The van der Waals surface area contributed by atoms with Crippen LogP contribution in [0.1, 0.15) is 70.6 Å². The quantitative estimate of drug-likeness (QED) is 0.411. The molecule has 0 radical (unpaired) electrons. The fourth-order valence-electron chi connectivity index (χ4n) is 6.46. The molecule has 11 heteroatoms. The maximum Gasteiger partial charge on any atom is 0.387 e. The lowest BCUT2D eigenvalue weighted by atomic mass is 9.88. The molecular weight excluding hydrogens is 508 g/mol. The van der Waals surface area contributed by atoms with Gasteiger partial charge in [-0.2, -0.15) is 13.9 Å². The number of hydrogen-bond acceptors (Lipinski definition) is 7. The van der Waals surface area contributed by atoms with Crippen LogP contribution in [0.4, 0.5) is 8.78 Å². The van der Waals surface area contributed by atoms with Crippen molar-refractivity contribution in [1.29, 1.82) is 0 Å². The summed E-state index contributed by atoms with van der Waals surface area (Å²) in [6, 6.07) is 8.21. The molecule has 2 N–H and O–H groups in total. The van der Waals surface area contributed by atoms with Crippen molar-refractivity contribution in [3.63, 3.8) is 0 Å². The van der Waals surface area contributed by atoms with E-state index in [4.69, 9.17) is 9.84 Å². The van der Waals surface area contributed by atoms with Crippen LogP contribution in [0.5, 0.6) is 5.75 Å². The summed E-state index contributed by atoms with van der Waals surface area (Å²) in [5.41, 5.74) is 3.51. The maximum absolute atomic E-state index is 13.3. The number of carbonyl (C=O) groups excluding carboxylic acids is 1. The monoisotopic (exact) mass is 533 g/mol. The lowest BCUT2D eigenvalue weighted by Gasteiger charge is -2.23. The van der Waals surface area contributed by atoms with Gasteiger partial charge < -0.3 is 19.8 Å². The normalized spacial score (nSPS) is 25.7. The standard InChI is InChI=1S/C28H25F2N5O4/c1-34-20-10-18(22-17(25(34)37)3-2-4-21(22)39-27(29)30)23-19-9-14(6-8-35(19)33-24(20)23)15-12-31-26(32-13-15)28(38)7-5-16(36)11-28/h2-4,6,8-9,12-13,16,18,20,27,36,38H,5,7,10-11H2,1H3/t16-,18+,20+,28-/m0/s1. The van der Waals surface area contributed by atoms with Gasteiger partial charge in [0, 0.05) is 60.2 Å².